The van der Waals surface area contributed by atoms with Crippen LogP contribution >= 0.6 is 0 Å². The number of ether oxygens (including phenoxy) is 1. The molecule has 0 bridgehead atoms. The highest BCUT2D eigenvalue weighted by atomic mass is 16.5. The Labute approximate surface area is 102 Å². The summed E-state index contributed by atoms with van der Waals surface area (Å²) >= 11 is 0. The van der Waals surface area contributed by atoms with Gasteiger partial charge in [0.15, 0.2) is 0 Å². The van der Waals surface area contributed by atoms with Crippen molar-refractivity contribution in [1.29, 1.82) is 0 Å². The van der Waals surface area contributed by atoms with Crippen molar-refractivity contribution in [3.8, 4) is 0 Å². The van der Waals surface area contributed by atoms with E-state index in [9.17, 15) is 4.79 Å². The molecule has 0 radical (unpaired) electrons. The van der Waals surface area contributed by atoms with Gasteiger partial charge in [0.05, 0.1) is 12.2 Å². The average Bonchev–Trinajstić information content (AvgIpc) is 2.30. The van der Waals surface area contributed by atoms with Crippen molar-refractivity contribution in [2.75, 3.05) is 32.1 Å². The Hall–Kier alpha value is -1.55. The third kappa shape index (κ3) is 4.07. The lowest BCUT2D eigenvalue weighted by Gasteiger charge is -2.11. The molecule has 0 saturated heterocycles. The molecule has 0 aliphatic heterocycles. The van der Waals surface area contributed by atoms with E-state index in [-0.39, 0.29) is 5.91 Å². The van der Waals surface area contributed by atoms with Crippen molar-refractivity contribution >= 4 is 11.6 Å². The number of hydrogen-bond acceptors (Lipinski definition) is 3. The molecule has 4 heteroatoms. The fourth-order valence-corrected chi connectivity index (χ4v) is 1.55. The predicted molar refractivity (Wildman–Crippen MR) is 69.6 cm³/mol. The van der Waals surface area contributed by atoms with Gasteiger partial charge in [-0.15, -0.1) is 0 Å². The molecule has 94 valence electrons. The van der Waals surface area contributed by atoms with Crippen LogP contribution in [0.25, 0.3) is 0 Å². The van der Waals surface area contributed by atoms with Gasteiger partial charge in [-0.25, -0.2) is 0 Å². The topological polar surface area (TPSA) is 50.4 Å². The summed E-state index contributed by atoms with van der Waals surface area (Å²) in [6, 6.07) is 5.76. The molecule has 0 aromatic heterocycles. The molecule has 1 aromatic carbocycles. The first-order valence-corrected chi connectivity index (χ1v) is 5.80. The molecule has 0 unspecified atom stereocenters. The number of carbonyl (C=O) groups excluding carboxylic acids is 1. The Morgan fingerprint density at radius 2 is 2.18 bits per heavy atom. The molecular weight excluding hydrogens is 216 g/mol. The number of carbonyl (C=O) groups is 1. The summed E-state index contributed by atoms with van der Waals surface area (Å²) in [5.74, 6) is -0.0713. The molecule has 0 aliphatic carbocycles. The molecule has 17 heavy (non-hydrogen) atoms. The molecule has 0 heterocycles. The number of benzene rings is 1. The lowest BCUT2D eigenvalue weighted by molar-refractivity contribution is 0.0938. The molecule has 0 fully saturated rings. The van der Waals surface area contributed by atoms with Crippen LogP contribution in [0.4, 0.5) is 5.69 Å². The lowest BCUT2D eigenvalue weighted by Crippen LogP contribution is -2.27. The van der Waals surface area contributed by atoms with E-state index >= 15 is 0 Å². The fourth-order valence-electron chi connectivity index (χ4n) is 1.55. The van der Waals surface area contributed by atoms with Crippen molar-refractivity contribution in [1.82, 2.24) is 5.32 Å². The quantitative estimate of drug-likeness (QED) is 0.741. The van der Waals surface area contributed by atoms with E-state index in [1.54, 1.807) is 7.11 Å². The second-order valence-corrected chi connectivity index (χ2v) is 3.83. The summed E-state index contributed by atoms with van der Waals surface area (Å²) < 4.78 is 4.89. The zero-order valence-electron chi connectivity index (χ0n) is 10.7. The van der Waals surface area contributed by atoms with Crippen LogP contribution in [0.1, 0.15) is 22.8 Å². The molecule has 1 amide bonds. The molecule has 0 spiro atoms. The summed E-state index contributed by atoms with van der Waals surface area (Å²) in [4.78, 5) is 11.9. The normalized spacial score (nSPS) is 10.1. The zero-order chi connectivity index (χ0) is 12.7. The molecule has 4 nitrogen and oxygen atoms in total. The van der Waals surface area contributed by atoms with Gasteiger partial charge in [-0.1, -0.05) is 6.07 Å². The van der Waals surface area contributed by atoms with Gasteiger partial charge in [0.1, 0.15) is 0 Å². The van der Waals surface area contributed by atoms with E-state index in [1.165, 1.54) is 0 Å². The Bertz CT molecular complexity index is 378. The van der Waals surface area contributed by atoms with Crippen LogP contribution in [0, 0.1) is 6.92 Å². The average molecular weight is 236 g/mol. The summed E-state index contributed by atoms with van der Waals surface area (Å²) in [5.41, 5.74) is 2.69. The van der Waals surface area contributed by atoms with E-state index < -0.39 is 0 Å². The van der Waals surface area contributed by atoms with E-state index in [1.807, 2.05) is 32.0 Å². The molecule has 0 aliphatic rings. The summed E-state index contributed by atoms with van der Waals surface area (Å²) in [5, 5.41) is 6.01. The van der Waals surface area contributed by atoms with Crippen molar-refractivity contribution in [3.63, 3.8) is 0 Å². The summed E-state index contributed by atoms with van der Waals surface area (Å²) in [7, 11) is 1.61. The summed E-state index contributed by atoms with van der Waals surface area (Å²) in [6.07, 6.45) is 0. The first-order valence-electron chi connectivity index (χ1n) is 5.80. The van der Waals surface area contributed by atoms with Crippen LogP contribution in [-0.4, -0.2) is 32.7 Å². The van der Waals surface area contributed by atoms with Crippen molar-refractivity contribution in [2.24, 2.45) is 0 Å². The van der Waals surface area contributed by atoms with E-state index in [0.29, 0.717) is 18.7 Å². The highest BCUT2D eigenvalue weighted by Crippen LogP contribution is 2.17. The Morgan fingerprint density at radius 3 is 2.82 bits per heavy atom. The van der Waals surface area contributed by atoms with Crippen molar-refractivity contribution in [3.05, 3.63) is 29.3 Å². The summed E-state index contributed by atoms with van der Waals surface area (Å²) in [6.45, 7) is 5.85. The van der Waals surface area contributed by atoms with Gasteiger partial charge in [0.25, 0.3) is 5.91 Å². The molecule has 1 rings (SSSR count). The number of nitrogens with one attached hydrogen (secondary N) is 2. The minimum Gasteiger partial charge on any atom is -0.385 e. The standard InChI is InChI=1S/C13H20N2O2/c1-4-14-12-9-10(2)5-6-11(12)13(16)15-7-8-17-3/h5-6,9,14H,4,7-8H2,1-3H3,(H,15,16). The molecule has 0 atom stereocenters. The second-order valence-electron chi connectivity index (χ2n) is 3.83. The molecular formula is C13H20N2O2. The molecule has 2 N–H and O–H groups in total. The van der Waals surface area contributed by atoms with E-state index in [2.05, 4.69) is 10.6 Å². The SMILES string of the molecule is CCNc1cc(C)ccc1C(=O)NCCOC. The number of hydrogen-bond donors (Lipinski definition) is 2. The van der Waals surface area contributed by atoms with Gasteiger partial charge in [0.2, 0.25) is 0 Å². The molecule has 0 saturated carbocycles. The highest BCUT2D eigenvalue weighted by Gasteiger charge is 2.10. The minimum atomic E-state index is -0.0713. The van der Waals surface area contributed by atoms with E-state index in [4.69, 9.17) is 4.74 Å². The smallest absolute Gasteiger partial charge is 0.253 e. The fraction of sp³-hybridized carbons (Fsp3) is 0.462. The Morgan fingerprint density at radius 1 is 1.41 bits per heavy atom. The third-order valence-electron chi connectivity index (χ3n) is 2.38. The Balaban J connectivity index is 2.77. The van der Waals surface area contributed by atoms with Gasteiger partial charge >= 0.3 is 0 Å². The van der Waals surface area contributed by atoms with Crippen molar-refractivity contribution in [2.45, 2.75) is 13.8 Å². The van der Waals surface area contributed by atoms with Crippen LogP contribution in [0.3, 0.4) is 0 Å². The number of anilines is 1. The van der Waals surface area contributed by atoms with Gasteiger partial charge in [-0.05, 0) is 31.5 Å². The van der Waals surface area contributed by atoms with Crippen molar-refractivity contribution < 1.29 is 9.53 Å². The van der Waals surface area contributed by atoms with Gasteiger partial charge in [-0.2, -0.15) is 0 Å². The number of rotatable bonds is 6. The van der Waals surface area contributed by atoms with Gasteiger partial charge in [0, 0.05) is 25.9 Å². The maximum atomic E-state index is 11.9. The monoisotopic (exact) mass is 236 g/mol. The first kappa shape index (κ1) is 13.5. The van der Waals surface area contributed by atoms with Crippen LogP contribution in [0.2, 0.25) is 0 Å². The van der Waals surface area contributed by atoms with Crippen LogP contribution in [0.15, 0.2) is 18.2 Å². The highest BCUT2D eigenvalue weighted by molar-refractivity contribution is 5.99. The first-order chi connectivity index (χ1) is 8.19. The van der Waals surface area contributed by atoms with Gasteiger partial charge < -0.3 is 15.4 Å². The number of aryl methyl sites for hydroxylation is 1. The lowest BCUT2D eigenvalue weighted by atomic mass is 10.1. The Kier molecular flexibility index (Phi) is 5.49. The maximum absolute atomic E-state index is 11.9. The number of amides is 1. The number of methoxy groups -OCH3 is 1. The van der Waals surface area contributed by atoms with E-state index in [0.717, 1.165) is 17.8 Å². The largest absolute Gasteiger partial charge is 0.385 e. The third-order valence-corrected chi connectivity index (χ3v) is 2.38. The van der Waals surface area contributed by atoms with Crippen LogP contribution in [0.5, 0.6) is 0 Å². The minimum absolute atomic E-state index is 0.0713. The zero-order valence-corrected chi connectivity index (χ0v) is 10.7. The van der Waals surface area contributed by atoms with Gasteiger partial charge in [-0.3, -0.25) is 4.79 Å². The second kappa shape index (κ2) is 6.91. The predicted octanol–water partition coefficient (Wildman–Crippen LogP) is 1.80. The van der Waals surface area contributed by atoms with Crippen LogP contribution < -0.4 is 10.6 Å². The molecule has 1 aromatic rings. The maximum Gasteiger partial charge on any atom is 0.253 e. The van der Waals surface area contributed by atoms with Crippen LogP contribution in [-0.2, 0) is 4.74 Å².